The zero-order chi connectivity index (χ0) is 13.5. The third-order valence-corrected chi connectivity index (χ3v) is 3.53. The summed E-state index contributed by atoms with van der Waals surface area (Å²) >= 11 is 0. The Balaban J connectivity index is 2.25. The summed E-state index contributed by atoms with van der Waals surface area (Å²) in [5.74, 6) is -0.267. The maximum absolute atomic E-state index is 11.8. The first-order chi connectivity index (χ1) is 8.50. The van der Waals surface area contributed by atoms with E-state index < -0.39 is 0 Å². The molecule has 0 spiro atoms. The third kappa shape index (κ3) is 5.07. The van der Waals surface area contributed by atoms with Crippen LogP contribution in [0.15, 0.2) is 0 Å². The zero-order valence-corrected chi connectivity index (χ0v) is 11.8. The summed E-state index contributed by atoms with van der Waals surface area (Å²) in [4.78, 5) is 24.8. The Labute approximate surface area is 110 Å². The Bertz CT molecular complexity index is 283. The van der Waals surface area contributed by atoms with Gasteiger partial charge in [0, 0.05) is 20.5 Å². The number of rotatable bonds is 5. The molecule has 1 rings (SSSR count). The van der Waals surface area contributed by atoms with Gasteiger partial charge in [-0.25, -0.2) is 0 Å². The van der Waals surface area contributed by atoms with Gasteiger partial charge in [-0.3, -0.25) is 9.59 Å². The van der Waals surface area contributed by atoms with Crippen LogP contribution in [0, 0.1) is 5.92 Å². The minimum Gasteiger partial charge on any atom is -0.462 e. The number of amides is 1. The monoisotopic (exact) mass is 255 g/mol. The van der Waals surface area contributed by atoms with E-state index in [0.717, 1.165) is 25.7 Å². The van der Waals surface area contributed by atoms with Gasteiger partial charge >= 0.3 is 5.97 Å². The van der Waals surface area contributed by atoms with E-state index in [1.807, 2.05) is 6.92 Å². The van der Waals surface area contributed by atoms with E-state index in [1.54, 1.807) is 19.0 Å². The topological polar surface area (TPSA) is 46.6 Å². The molecule has 0 heterocycles. The first kappa shape index (κ1) is 15.0. The maximum atomic E-state index is 11.8. The van der Waals surface area contributed by atoms with Crippen LogP contribution in [0.25, 0.3) is 0 Å². The van der Waals surface area contributed by atoms with Gasteiger partial charge in [-0.15, -0.1) is 0 Å². The van der Waals surface area contributed by atoms with Crippen LogP contribution < -0.4 is 0 Å². The van der Waals surface area contributed by atoms with Crippen molar-refractivity contribution in [2.45, 2.75) is 58.0 Å². The second kappa shape index (κ2) is 7.39. The van der Waals surface area contributed by atoms with Crippen LogP contribution in [0.1, 0.15) is 51.9 Å². The van der Waals surface area contributed by atoms with Crippen molar-refractivity contribution in [2.75, 3.05) is 14.1 Å². The first-order valence-electron chi connectivity index (χ1n) is 6.91. The van der Waals surface area contributed by atoms with Gasteiger partial charge in [-0.2, -0.15) is 0 Å². The maximum Gasteiger partial charge on any atom is 0.308 e. The second-order valence-electron chi connectivity index (χ2n) is 5.42. The van der Waals surface area contributed by atoms with Gasteiger partial charge in [0.25, 0.3) is 0 Å². The normalized spacial score (nSPS) is 18.2. The largest absolute Gasteiger partial charge is 0.462 e. The fourth-order valence-corrected chi connectivity index (χ4v) is 2.14. The Hall–Kier alpha value is -1.06. The number of hydrogen-bond donors (Lipinski definition) is 0. The van der Waals surface area contributed by atoms with Crippen molar-refractivity contribution in [3.05, 3.63) is 0 Å². The molecule has 1 amide bonds. The lowest BCUT2D eigenvalue weighted by molar-refractivity contribution is -0.155. The molecule has 0 aromatic heterocycles. The molecule has 104 valence electrons. The first-order valence-corrected chi connectivity index (χ1v) is 6.91. The highest BCUT2D eigenvalue weighted by Crippen LogP contribution is 2.22. The molecule has 4 nitrogen and oxygen atoms in total. The van der Waals surface area contributed by atoms with Crippen molar-refractivity contribution in [2.24, 2.45) is 5.92 Å². The van der Waals surface area contributed by atoms with Crippen LogP contribution in [-0.4, -0.2) is 37.0 Å². The molecule has 0 aliphatic heterocycles. The van der Waals surface area contributed by atoms with Crippen LogP contribution in [0.5, 0.6) is 0 Å². The second-order valence-corrected chi connectivity index (χ2v) is 5.42. The number of nitrogens with zero attached hydrogens (tertiary/aromatic N) is 1. The minimum absolute atomic E-state index is 0.0623. The third-order valence-electron chi connectivity index (χ3n) is 3.53. The Kier molecular flexibility index (Phi) is 6.16. The molecule has 0 aromatic carbocycles. The van der Waals surface area contributed by atoms with Gasteiger partial charge in [0.2, 0.25) is 5.91 Å². The number of hydrogen-bond acceptors (Lipinski definition) is 3. The molecule has 0 saturated heterocycles. The van der Waals surface area contributed by atoms with Crippen molar-refractivity contribution in [3.63, 3.8) is 0 Å². The van der Waals surface area contributed by atoms with E-state index in [-0.39, 0.29) is 23.9 Å². The summed E-state index contributed by atoms with van der Waals surface area (Å²) < 4.78 is 5.48. The lowest BCUT2D eigenvalue weighted by atomic mass is 9.97. The molecule has 1 aliphatic rings. The predicted octanol–water partition coefficient (Wildman–Crippen LogP) is 2.37. The number of esters is 1. The predicted molar refractivity (Wildman–Crippen MR) is 70.1 cm³/mol. The van der Waals surface area contributed by atoms with E-state index in [1.165, 1.54) is 6.42 Å². The van der Waals surface area contributed by atoms with Crippen molar-refractivity contribution in [1.82, 2.24) is 4.90 Å². The van der Waals surface area contributed by atoms with Gasteiger partial charge in [0.15, 0.2) is 0 Å². The average Bonchev–Trinajstić information content (AvgIpc) is 2.36. The fraction of sp³-hybridized carbons (Fsp3) is 0.857. The van der Waals surface area contributed by atoms with Crippen LogP contribution in [-0.2, 0) is 14.3 Å². The Morgan fingerprint density at radius 1 is 1.22 bits per heavy atom. The van der Waals surface area contributed by atoms with E-state index in [2.05, 4.69) is 0 Å². The molecule has 0 bridgehead atoms. The van der Waals surface area contributed by atoms with E-state index in [9.17, 15) is 9.59 Å². The summed E-state index contributed by atoms with van der Waals surface area (Å²) in [6.07, 6.45) is 6.65. The molecule has 4 heteroatoms. The van der Waals surface area contributed by atoms with Crippen molar-refractivity contribution in [3.8, 4) is 0 Å². The van der Waals surface area contributed by atoms with E-state index in [0.29, 0.717) is 12.8 Å². The number of carbonyl (C=O) groups is 2. The highest BCUT2D eigenvalue weighted by molar-refractivity contribution is 5.77. The molecule has 1 fully saturated rings. The fourth-order valence-electron chi connectivity index (χ4n) is 2.14. The zero-order valence-electron chi connectivity index (χ0n) is 11.8. The molecule has 1 unspecified atom stereocenters. The summed E-state index contributed by atoms with van der Waals surface area (Å²) in [5.41, 5.74) is 0. The summed E-state index contributed by atoms with van der Waals surface area (Å²) in [7, 11) is 3.46. The highest BCUT2D eigenvalue weighted by Gasteiger charge is 2.22. The molecule has 18 heavy (non-hydrogen) atoms. The van der Waals surface area contributed by atoms with Gasteiger partial charge < -0.3 is 9.64 Å². The molecule has 1 saturated carbocycles. The molecule has 1 aliphatic carbocycles. The van der Waals surface area contributed by atoms with Gasteiger partial charge in [-0.1, -0.05) is 13.3 Å². The number of ether oxygens (including phenoxy) is 1. The number of carbonyl (C=O) groups excluding carboxylic acids is 2. The standard InChI is InChI=1S/C14H25NO3/c1-11(9-10-13(16)15(2)3)14(17)18-12-7-5-4-6-8-12/h11-12H,4-10H2,1-3H3. The highest BCUT2D eigenvalue weighted by atomic mass is 16.5. The van der Waals surface area contributed by atoms with Crippen molar-refractivity contribution in [1.29, 1.82) is 0 Å². The molecule has 1 atom stereocenters. The van der Waals surface area contributed by atoms with Gasteiger partial charge in [0.1, 0.15) is 6.10 Å². The lowest BCUT2D eigenvalue weighted by Crippen LogP contribution is -2.26. The van der Waals surface area contributed by atoms with Crippen LogP contribution in [0.2, 0.25) is 0 Å². The molecule has 0 aromatic rings. The Morgan fingerprint density at radius 2 is 1.83 bits per heavy atom. The average molecular weight is 255 g/mol. The van der Waals surface area contributed by atoms with Crippen molar-refractivity contribution >= 4 is 11.9 Å². The quantitative estimate of drug-likeness (QED) is 0.708. The van der Waals surface area contributed by atoms with Crippen LogP contribution in [0.3, 0.4) is 0 Å². The summed E-state index contributed by atoms with van der Waals surface area (Å²) in [6, 6.07) is 0. The SMILES string of the molecule is CC(CCC(=O)N(C)C)C(=O)OC1CCCCC1. The van der Waals surface area contributed by atoms with E-state index in [4.69, 9.17) is 4.74 Å². The van der Waals surface area contributed by atoms with Crippen molar-refractivity contribution < 1.29 is 14.3 Å². The van der Waals surface area contributed by atoms with Crippen LogP contribution >= 0.6 is 0 Å². The molecule has 0 radical (unpaired) electrons. The minimum atomic E-state index is -0.184. The van der Waals surface area contributed by atoms with Gasteiger partial charge in [0.05, 0.1) is 5.92 Å². The molecular weight excluding hydrogens is 230 g/mol. The smallest absolute Gasteiger partial charge is 0.308 e. The Morgan fingerprint density at radius 3 is 2.39 bits per heavy atom. The summed E-state index contributed by atoms with van der Waals surface area (Å²) in [5, 5.41) is 0. The molecular formula is C14H25NO3. The lowest BCUT2D eigenvalue weighted by Gasteiger charge is -2.23. The van der Waals surface area contributed by atoms with E-state index >= 15 is 0 Å². The molecule has 0 N–H and O–H groups in total. The van der Waals surface area contributed by atoms with Crippen LogP contribution in [0.4, 0.5) is 0 Å². The summed E-state index contributed by atoms with van der Waals surface area (Å²) in [6.45, 7) is 1.84. The van der Waals surface area contributed by atoms with Gasteiger partial charge in [-0.05, 0) is 32.1 Å².